The molecule has 0 aromatic carbocycles. The van der Waals surface area contributed by atoms with Gasteiger partial charge in [0, 0.05) is 13.1 Å². The van der Waals surface area contributed by atoms with E-state index in [-0.39, 0.29) is 28.7 Å². The summed E-state index contributed by atoms with van der Waals surface area (Å²) in [7, 11) is -3.00. The van der Waals surface area contributed by atoms with Gasteiger partial charge in [0.2, 0.25) is 0 Å². The number of sulfone groups is 1. The van der Waals surface area contributed by atoms with E-state index in [9.17, 15) is 13.2 Å². The Bertz CT molecular complexity index is 635. The molecule has 0 bridgehead atoms. The minimum Gasteiger partial charge on any atom is -0.337 e. The van der Waals surface area contributed by atoms with E-state index in [0.717, 1.165) is 5.69 Å². The van der Waals surface area contributed by atoms with E-state index in [2.05, 4.69) is 10.2 Å². The van der Waals surface area contributed by atoms with E-state index in [1.807, 2.05) is 13.8 Å². The SMILES string of the molecule is CC(C)c1[nH]ncc1C(=O)N1C[C@@H]2CCS(=O)(=O)[C@@H]2C1. The predicted molar refractivity (Wildman–Crippen MR) is 74.3 cm³/mol. The number of aromatic nitrogens is 2. The molecule has 0 radical (unpaired) electrons. The molecule has 2 fully saturated rings. The second kappa shape index (κ2) is 4.58. The fourth-order valence-corrected chi connectivity index (χ4v) is 5.38. The van der Waals surface area contributed by atoms with Gasteiger partial charge < -0.3 is 4.90 Å². The lowest BCUT2D eigenvalue weighted by atomic mass is 10.1. The Kier molecular flexibility index (Phi) is 3.12. The van der Waals surface area contributed by atoms with Gasteiger partial charge in [-0.15, -0.1) is 0 Å². The average Bonchev–Trinajstić information content (AvgIpc) is 3.06. The summed E-state index contributed by atoms with van der Waals surface area (Å²) in [6.07, 6.45) is 2.22. The normalized spacial score (nSPS) is 28.1. The molecule has 0 spiro atoms. The number of nitrogens with zero attached hydrogens (tertiary/aromatic N) is 2. The first kappa shape index (κ1) is 13.6. The third-order valence-corrected chi connectivity index (χ3v) is 6.64. The highest BCUT2D eigenvalue weighted by Gasteiger charge is 2.47. The van der Waals surface area contributed by atoms with Gasteiger partial charge in [-0.25, -0.2) is 8.42 Å². The Balaban J connectivity index is 1.82. The highest BCUT2D eigenvalue weighted by molar-refractivity contribution is 7.92. The molecule has 2 aliphatic heterocycles. The molecule has 2 atom stereocenters. The van der Waals surface area contributed by atoms with Crippen LogP contribution in [0.4, 0.5) is 0 Å². The van der Waals surface area contributed by atoms with Gasteiger partial charge in [-0.3, -0.25) is 9.89 Å². The summed E-state index contributed by atoms with van der Waals surface area (Å²) in [6.45, 7) is 4.86. The molecule has 1 N–H and O–H groups in total. The van der Waals surface area contributed by atoms with Gasteiger partial charge in [0.25, 0.3) is 5.91 Å². The number of nitrogens with one attached hydrogen (secondary N) is 1. The fraction of sp³-hybridized carbons (Fsp3) is 0.692. The van der Waals surface area contributed by atoms with Crippen molar-refractivity contribution in [2.75, 3.05) is 18.8 Å². The zero-order valence-electron chi connectivity index (χ0n) is 11.7. The lowest BCUT2D eigenvalue weighted by Gasteiger charge is -2.17. The molecule has 0 unspecified atom stereocenters. The summed E-state index contributed by atoms with van der Waals surface area (Å²) in [4.78, 5) is 14.2. The lowest BCUT2D eigenvalue weighted by Crippen LogP contribution is -2.32. The molecule has 1 amide bonds. The van der Waals surface area contributed by atoms with Crippen molar-refractivity contribution in [1.82, 2.24) is 15.1 Å². The van der Waals surface area contributed by atoms with Crippen LogP contribution >= 0.6 is 0 Å². The van der Waals surface area contributed by atoms with E-state index >= 15 is 0 Å². The molecule has 7 heteroatoms. The van der Waals surface area contributed by atoms with Crippen LogP contribution in [-0.2, 0) is 9.84 Å². The molecular formula is C13H19N3O3S. The first-order chi connectivity index (χ1) is 9.40. The molecule has 2 saturated heterocycles. The first-order valence-electron chi connectivity index (χ1n) is 6.94. The molecule has 6 nitrogen and oxygen atoms in total. The van der Waals surface area contributed by atoms with Crippen molar-refractivity contribution in [2.24, 2.45) is 5.92 Å². The van der Waals surface area contributed by atoms with Crippen LogP contribution in [0, 0.1) is 5.92 Å². The van der Waals surface area contributed by atoms with Gasteiger partial charge in [0.1, 0.15) is 0 Å². The van der Waals surface area contributed by atoms with Crippen molar-refractivity contribution >= 4 is 15.7 Å². The third-order valence-electron chi connectivity index (χ3n) is 4.38. The van der Waals surface area contributed by atoms with Crippen molar-refractivity contribution < 1.29 is 13.2 Å². The summed E-state index contributed by atoms with van der Waals surface area (Å²) < 4.78 is 23.8. The Labute approximate surface area is 118 Å². The Morgan fingerprint density at radius 2 is 2.20 bits per heavy atom. The highest BCUT2D eigenvalue weighted by Crippen LogP contribution is 2.34. The number of amides is 1. The second-order valence-corrected chi connectivity index (χ2v) is 8.36. The van der Waals surface area contributed by atoms with Crippen LogP contribution in [0.2, 0.25) is 0 Å². The molecule has 1 aromatic heterocycles. The van der Waals surface area contributed by atoms with Crippen molar-refractivity contribution in [1.29, 1.82) is 0 Å². The molecule has 2 aliphatic rings. The number of hydrogen-bond donors (Lipinski definition) is 1. The van der Waals surface area contributed by atoms with E-state index in [0.29, 0.717) is 25.1 Å². The third kappa shape index (κ3) is 2.04. The van der Waals surface area contributed by atoms with Crippen molar-refractivity contribution in [3.63, 3.8) is 0 Å². The summed E-state index contributed by atoms with van der Waals surface area (Å²) in [5.41, 5.74) is 1.38. The Morgan fingerprint density at radius 1 is 1.45 bits per heavy atom. The zero-order valence-corrected chi connectivity index (χ0v) is 12.5. The number of carbonyl (C=O) groups excluding carboxylic acids is 1. The molecular weight excluding hydrogens is 278 g/mol. The highest BCUT2D eigenvalue weighted by atomic mass is 32.2. The minimum atomic E-state index is -3.00. The number of likely N-dealkylation sites (tertiary alicyclic amines) is 1. The first-order valence-corrected chi connectivity index (χ1v) is 8.66. The maximum atomic E-state index is 12.5. The molecule has 1 aromatic rings. The maximum absolute atomic E-state index is 12.5. The summed E-state index contributed by atoms with van der Waals surface area (Å²) in [5, 5.41) is 6.45. The average molecular weight is 297 g/mol. The predicted octanol–water partition coefficient (Wildman–Crippen LogP) is 0.792. The quantitative estimate of drug-likeness (QED) is 0.875. The van der Waals surface area contributed by atoms with Crippen LogP contribution in [0.25, 0.3) is 0 Å². The maximum Gasteiger partial charge on any atom is 0.257 e. The summed E-state index contributed by atoms with van der Waals surface area (Å²) >= 11 is 0. The van der Waals surface area contributed by atoms with Gasteiger partial charge >= 0.3 is 0 Å². The molecule has 110 valence electrons. The van der Waals surface area contributed by atoms with Crippen LogP contribution in [0.3, 0.4) is 0 Å². The minimum absolute atomic E-state index is 0.105. The Morgan fingerprint density at radius 3 is 2.85 bits per heavy atom. The lowest BCUT2D eigenvalue weighted by molar-refractivity contribution is 0.0785. The zero-order chi connectivity index (χ0) is 14.5. The number of H-pyrrole nitrogens is 1. The molecule has 3 heterocycles. The van der Waals surface area contributed by atoms with Gasteiger partial charge in [0.15, 0.2) is 9.84 Å². The number of hydrogen-bond acceptors (Lipinski definition) is 4. The van der Waals surface area contributed by atoms with Crippen molar-refractivity contribution in [3.8, 4) is 0 Å². The summed E-state index contributed by atoms with van der Waals surface area (Å²) in [6, 6.07) is 0. The number of fused-ring (bicyclic) bond motifs is 1. The van der Waals surface area contributed by atoms with Crippen LogP contribution in [0.5, 0.6) is 0 Å². The monoisotopic (exact) mass is 297 g/mol. The number of aromatic amines is 1. The van der Waals surface area contributed by atoms with E-state index in [1.54, 1.807) is 11.1 Å². The molecule has 0 aliphatic carbocycles. The van der Waals surface area contributed by atoms with E-state index in [4.69, 9.17) is 0 Å². The molecule has 0 saturated carbocycles. The Hall–Kier alpha value is -1.37. The topological polar surface area (TPSA) is 83.1 Å². The largest absolute Gasteiger partial charge is 0.337 e. The van der Waals surface area contributed by atoms with E-state index in [1.165, 1.54) is 0 Å². The number of carbonyl (C=O) groups is 1. The van der Waals surface area contributed by atoms with Gasteiger partial charge in [-0.05, 0) is 18.3 Å². The van der Waals surface area contributed by atoms with Crippen LogP contribution in [-0.4, -0.2) is 53.5 Å². The van der Waals surface area contributed by atoms with Crippen molar-refractivity contribution in [3.05, 3.63) is 17.5 Å². The van der Waals surface area contributed by atoms with Gasteiger partial charge in [-0.2, -0.15) is 5.10 Å². The van der Waals surface area contributed by atoms with Crippen LogP contribution in [0.1, 0.15) is 42.2 Å². The number of rotatable bonds is 2. The fourth-order valence-electron chi connectivity index (χ4n) is 3.24. The molecule has 3 rings (SSSR count). The second-order valence-electron chi connectivity index (χ2n) is 6.02. The van der Waals surface area contributed by atoms with Crippen LogP contribution in [0.15, 0.2) is 6.20 Å². The standard InChI is InChI=1S/C13H19N3O3S/c1-8(2)12-10(5-14-15-12)13(17)16-6-9-3-4-20(18,19)11(9)7-16/h5,8-9,11H,3-4,6-7H2,1-2H3,(H,14,15)/t9-,11+/m0/s1. The molecule has 20 heavy (non-hydrogen) atoms. The van der Waals surface area contributed by atoms with Gasteiger partial charge in [0.05, 0.1) is 28.5 Å². The smallest absolute Gasteiger partial charge is 0.257 e. The van der Waals surface area contributed by atoms with E-state index < -0.39 is 9.84 Å². The summed E-state index contributed by atoms with van der Waals surface area (Å²) in [5.74, 6) is 0.459. The van der Waals surface area contributed by atoms with Gasteiger partial charge in [-0.1, -0.05) is 13.8 Å². The van der Waals surface area contributed by atoms with Crippen LogP contribution < -0.4 is 0 Å². The van der Waals surface area contributed by atoms with Crippen molar-refractivity contribution in [2.45, 2.75) is 31.4 Å².